The van der Waals surface area contributed by atoms with Crippen LogP contribution < -0.4 is 11.2 Å². The fourth-order valence-corrected chi connectivity index (χ4v) is 2.45. The predicted molar refractivity (Wildman–Crippen MR) is 82.2 cm³/mol. The van der Waals surface area contributed by atoms with Crippen LogP contribution in [-0.4, -0.2) is 28.8 Å². The summed E-state index contributed by atoms with van der Waals surface area (Å²) in [6, 6.07) is 0. The number of aromatic nitrogens is 6. The molecule has 0 aromatic carbocycles. The normalized spacial score (nSPS) is 11.4. The second-order valence-corrected chi connectivity index (χ2v) is 5.46. The maximum Gasteiger partial charge on any atom is 0.332 e. The molecular formula is C14H18N6O3. The largest absolute Gasteiger partial charge is 0.339 e. The Morgan fingerprint density at radius 3 is 2.74 bits per heavy atom. The second-order valence-electron chi connectivity index (χ2n) is 5.46. The van der Waals surface area contributed by atoms with E-state index in [1.807, 2.05) is 0 Å². The predicted octanol–water partition coefficient (Wildman–Crippen LogP) is 0.208. The van der Waals surface area contributed by atoms with Crippen LogP contribution in [0.5, 0.6) is 0 Å². The molecule has 0 aliphatic carbocycles. The van der Waals surface area contributed by atoms with Crippen molar-refractivity contribution in [3.05, 3.63) is 38.9 Å². The zero-order valence-corrected chi connectivity index (χ0v) is 13.3. The first-order valence-corrected chi connectivity index (χ1v) is 7.45. The quantitative estimate of drug-likeness (QED) is 0.666. The van der Waals surface area contributed by atoms with Crippen molar-refractivity contribution in [2.75, 3.05) is 0 Å². The summed E-state index contributed by atoms with van der Waals surface area (Å²) in [5, 5.41) is 3.93. The van der Waals surface area contributed by atoms with Gasteiger partial charge in [-0.1, -0.05) is 18.5 Å². The highest BCUT2D eigenvalue weighted by molar-refractivity contribution is 5.70. The van der Waals surface area contributed by atoms with Crippen LogP contribution in [0.3, 0.4) is 0 Å². The number of fused-ring (bicyclic) bond motifs is 1. The molecule has 0 saturated carbocycles. The lowest BCUT2D eigenvalue weighted by Gasteiger charge is -2.04. The molecule has 3 aromatic heterocycles. The third-order valence-electron chi connectivity index (χ3n) is 3.78. The summed E-state index contributed by atoms with van der Waals surface area (Å²) in [7, 11) is 3.03. The number of hydrogen-bond donors (Lipinski definition) is 0. The third-order valence-corrected chi connectivity index (χ3v) is 3.78. The lowest BCUT2D eigenvalue weighted by atomic mass is 10.2. The van der Waals surface area contributed by atoms with Crippen molar-refractivity contribution >= 4 is 11.2 Å². The van der Waals surface area contributed by atoms with E-state index in [0.717, 1.165) is 23.8 Å². The van der Waals surface area contributed by atoms with E-state index in [1.165, 1.54) is 17.9 Å². The number of unbranched alkanes of at least 4 members (excludes halogenated alkanes) is 1. The average Bonchev–Trinajstić information content (AvgIpc) is 3.16. The highest BCUT2D eigenvalue weighted by Gasteiger charge is 2.16. The number of hydrogen-bond acceptors (Lipinski definition) is 6. The maximum absolute atomic E-state index is 12.3. The van der Waals surface area contributed by atoms with Crippen LogP contribution in [0.2, 0.25) is 0 Å². The average molecular weight is 318 g/mol. The Bertz CT molecular complexity index is 961. The smallest absolute Gasteiger partial charge is 0.332 e. The minimum Gasteiger partial charge on any atom is -0.339 e. The minimum atomic E-state index is -0.408. The molecule has 0 aliphatic rings. The summed E-state index contributed by atoms with van der Waals surface area (Å²) in [5.41, 5.74) is -0.119. The van der Waals surface area contributed by atoms with Gasteiger partial charge in [0.15, 0.2) is 17.0 Å². The number of imidazole rings is 1. The summed E-state index contributed by atoms with van der Waals surface area (Å²) in [6.07, 6.45) is 4.28. The summed E-state index contributed by atoms with van der Waals surface area (Å²) >= 11 is 0. The second kappa shape index (κ2) is 5.82. The Labute approximate surface area is 131 Å². The molecule has 3 heterocycles. The van der Waals surface area contributed by atoms with Crippen molar-refractivity contribution in [2.45, 2.75) is 32.7 Å². The number of nitrogens with zero attached hydrogens (tertiary/aromatic N) is 6. The molecule has 9 heteroatoms. The summed E-state index contributed by atoms with van der Waals surface area (Å²) in [4.78, 5) is 32.7. The number of aryl methyl sites for hydroxylation is 2. The molecule has 3 rings (SSSR count). The summed E-state index contributed by atoms with van der Waals surface area (Å²) < 4.78 is 9.22. The Hall–Kier alpha value is -2.71. The van der Waals surface area contributed by atoms with Crippen LogP contribution in [0.4, 0.5) is 0 Å². The Balaban J connectivity index is 2.00. The first-order valence-electron chi connectivity index (χ1n) is 7.45. The molecule has 0 aliphatic heterocycles. The highest BCUT2D eigenvalue weighted by atomic mass is 16.5. The molecule has 0 bridgehead atoms. The van der Waals surface area contributed by atoms with Crippen molar-refractivity contribution < 1.29 is 4.52 Å². The monoisotopic (exact) mass is 318 g/mol. The van der Waals surface area contributed by atoms with E-state index in [-0.39, 0.29) is 6.54 Å². The Morgan fingerprint density at radius 1 is 1.22 bits per heavy atom. The first-order chi connectivity index (χ1) is 11.0. The molecule has 0 fully saturated rings. The van der Waals surface area contributed by atoms with E-state index >= 15 is 0 Å². The van der Waals surface area contributed by atoms with E-state index < -0.39 is 11.2 Å². The van der Waals surface area contributed by atoms with Crippen LogP contribution in [0.1, 0.15) is 31.5 Å². The molecule has 0 radical (unpaired) electrons. The lowest BCUT2D eigenvalue weighted by molar-refractivity contribution is 0.369. The van der Waals surface area contributed by atoms with Gasteiger partial charge in [-0.3, -0.25) is 13.9 Å². The van der Waals surface area contributed by atoms with Gasteiger partial charge < -0.3 is 9.09 Å². The van der Waals surface area contributed by atoms with Gasteiger partial charge >= 0.3 is 5.69 Å². The topological polar surface area (TPSA) is 101 Å². The molecule has 122 valence electrons. The highest BCUT2D eigenvalue weighted by Crippen LogP contribution is 2.09. The van der Waals surface area contributed by atoms with E-state index in [0.29, 0.717) is 22.9 Å². The van der Waals surface area contributed by atoms with Crippen molar-refractivity contribution in [3.63, 3.8) is 0 Å². The maximum atomic E-state index is 12.3. The van der Waals surface area contributed by atoms with Crippen LogP contribution >= 0.6 is 0 Å². The van der Waals surface area contributed by atoms with E-state index in [4.69, 9.17) is 4.52 Å². The summed E-state index contributed by atoms with van der Waals surface area (Å²) in [6.45, 7) is 2.36. The van der Waals surface area contributed by atoms with E-state index in [1.54, 1.807) is 11.6 Å². The molecule has 23 heavy (non-hydrogen) atoms. The molecule has 0 unspecified atom stereocenters. The van der Waals surface area contributed by atoms with Gasteiger partial charge in [0.25, 0.3) is 5.56 Å². The molecule has 0 N–H and O–H groups in total. The van der Waals surface area contributed by atoms with Crippen molar-refractivity contribution in [1.29, 1.82) is 0 Å². The molecule has 9 nitrogen and oxygen atoms in total. The van der Waals surface area contributed by atoms with Gasteiger partial charge in [-0.2, -0.15) is 4.98 Å². The fraction of sp³-hybridized carbons (Fsp3) is 0.500. The van der Waals surface area contributed by atoms with E-state index in [9.17, 15) is 9.59 Å². The van der Waals surface area contributed by atoms with Crippen molar-refractivity contribution in [2.24, 2.45) is 14.1 Å². The Kier molecular flexibility index (Phi) is 3.85. The standard InChI is InChI=1S/C14H18N6O3/c1-4-5-6-10-16-9(17-23-10)7-20-8-15-12-11(20)13(21)19(3)14(22)18(12)2/h8H,4-7H2,1-3H3. The van der Waals surface area contributed by atoms with Crippen LogP contribution in [0.25, 0.3) is 11.2 Å². The van der Waals surface area contributed by atoms with Crippen LogP contribution in [0, 0.1) is 0 Å². The van der Waals surface area contributed by atoms with Crippen molar-refractivity contribution in [3.8, 4) is 0 Å². The van der Waals surface area contributed by atoms with Gasteiger partial charge in [-0.25, -0.2) is 9.78 Å². The minimum absolute atomic E-state index is 0.263. The van der Waals surface area contributed by atoms with Crippen LogP contribution in [-0.2, 0) is 27.1 Å². The van der Waals surface area contributed by atoms with Gasteiger partial charge in [-0.05, 0) is 6.42 Å². The van der Waals surface area contributed by atoms with Gasteiger partial charge in [0, 0.05) is 20.5 Å². The lowest BCUT2D eigenvalue weighted by Crippen LogP contribution is -2.37. The molecule has 0 atom stereocenters. The molecule has 0 spiro atoms. The summed E-state index contributed by atoms with van der Waals surface area (Å²) in [5.74, 6) is 1.07. The van der Waals surface area contributed by atoms with Gasteiger partial charge in [-0.15, -0.1) is 0 Å². The first kappa shape index (κ1) is 15.2. The van der Waals surface area contributed by atoms with Crippen molar-refractivity contribution in [1.82, 2.24) is 28.8 Å². The van der Waals surface area contributed by atoms with Crippen LogP contribution in [0.15, 0.2) is 20.4 Å². The fourth-order valence-electron chi connectivity index (χ4n) is 2.45. The Morgan fingerprint density at radius 2 is 2.00 bits per heavy atom. The van der Waals surface area contributed by atoms with E-state index in [2.05, 4.69) is 22.0 Å². The molecular weight excluding hydrogens is 300 g/mol. The molecule has 0 saturated heterocycles. The zero-order valence-electron chi connectivity index (χ0n) is 13.3. The molecule has 0 amide bonds. The van der Waals surface area contributed by atoms with Gasteiger partial charge in [0.05, 0.1) is 12.9 Å². The third kappa shape index (κ3) is 2.58. The number of rotatable bonds is 5. The van der Waals surface area contributed by atoms with Gasteiger partial charge in [0.2, 0.25) is 5.89 Å². The van der Waals surface area contributed by atoms with Gasteiger partial charge in [0.1, 0.15) is 0 Å². The SMILES string of the molecule is CCCCc1nc(Cn2cnc3c2c(=O)n(C)c(=O)n3C)no1. The molecule has 3 aromatic rings. The zero-order chi connectivity index (χ0) is 16.6.